The molecule has 18 heavy (non-hydrogen) atoms. The summed E-state index contributed by atoms with van der Waals surface area (Å²) in [5.41, 5.74) is 0.479. The molecule has 0 amide bonds. The molecule has 0 saturated carbocycles. The van der Waals surface area contributed by atoms with E-state index in [-0.39, 0.29) is 5.75 Å². The fourth-order valence-electron chi connectivity index (χ4n) is 1.59. The Bertz CT molecular complexity index is 526. The average Bonchev–Trinajstić information content (AvgIpc) is 2.16. The highest BCUT2D eigenvalue weighted by Crippen LogP contribution is 2.25. The first-order valence-electron chi connectivity index (χ1n) is 5.48. The van der Waals surface area contributed by atoms with Gasteiger partial charge in [-0.1, -0.05) is 35.8 Å². The SMILES string of the molecule is Cc1ccc(Br)cc1OCC(C)(C)CS(N)(=O)=O. The van der Waals surface area contributed by atoms with E-state index in [4.69, 9.17) is 9.88 Å². The molecule has 0 aliphatic carbocycles. The molecule has 102 valence electrons. The van der Waals surface area contributed by atoms with Crippen molar-refractivity contribution in [3.05, 3.63) is 28.2 Å². The van der Waals surface area contributed by atoms with Gasteiger partial charge in [0, 0.05) is 9.89 Å². The van der Waals surface area contributed by atoms with Gasteiger partial charge in [-0.3, -0.25) is 0 Å². The van der Waals surface area contributed by atoms with Crippen LogP contribution in [0.15, 0.2) is 22.7 Å². The van der Waals surface area contributed by atoms with Gasteiger partial charge in [0.25, 0.3) is 0 Å². The number of primary sulfonamides is 1. The van der Waals surface area contributed by atoms with Gasteiger partial charge in [-0.05, 0) is 24.6 Å². The number of ether oxygens (including phenoxy) is 1. The predicted molar refractivity (Wildman–Crippen MR) is 76.1 cm³/mol. The van der Waals surface area contributed by atoms with E-state index in [1.54, 1.807) is 0 Å². The lowest BCUT2D eigenvalue weighted by molar-refractivity contribution is 0.198. The molecule has 0 spiro atoms. The van der Waals surface area contributed by atoms with E-state index >= 15 is 0 Å². The first kappa shape index (κ1) is 15.5. The highest BCUT2D eigenvalue weighted by molar-refractivity contribution is 9.10. The maximum Gasteiger partial charge on any atom is 0.209 e. The van der Waals surface area contributed by atoms with Gasteiger partial charge < -0.3 is 4.74 Å². The third-order valence-corrected chi connectivity index (χ3v) is 4.04. The molecule has 0 unspecified atom stereocenters. The molecule has 0 radical (unpaired) electrons. The van der Waals surface area contributed by atoms with E-state index in [9.17, 15) is 8.42 Å². The van der Waals surface area contributed by atoms with Crippen LogP contribution in [0.4, 0.5) is 0 Å². The fraction of sp³-hybridized carbons (Fsp3) is 0.500. The number of hydrogen-bond donors (Lipinski definition) is 1. The lowest BCUT2D eigenvalue weighted by Crippen LogP contribution is -2.33. The summed E-state index contributed by atoms with van der Waals surface area (Å²) in [4.78, 5) is 0. The van der Waals surface area contributed by atoms with Crippen molar-refractivity contribution in [2.75, 3.05) is 12.4 Å². The summed E-state index contributed by atoms with van der Waals surface area (Å²) in [6.45, 7) is 5.85. The molecule has 1 rings (SSSR count). The van der Waals surface area contributed by atoms with Crippen molar-refractivity contribution in [1.82, 2.24) is 0 Å². The van der Waals surface area contributed by atoms with Crippen molar-refractivity contribution in [3.8, 4) is 5.75 Å². The van der Waals surface area contributed by atoms with Crippen LogP contribution in [0.1, 0.15) is 19.4 Å². The van der Waals surface area contributed by atoms with Gasteiger partial charge in [0.2, 0.25) is 10.0 Å². The van der Waals surface area contributed by atoms with Gasteiger partial charge in [0.05, 0.1) is 12.4 Å². The zero-order chi connectivity index (χ0) is 14.0. The maximum absolute atomic E-state index is 11.1. The van der Waals surface area contributed by atoms with E-state index in [0.717, 1.165) is 15.8 Å². The van der Waals surface area contributed by atoms with Gasteiger partial charge in [-0.25, -0.2) is 13.6 Å². The summed E-state index contributed by atoms with van der Waals surface area (Å²) in [6, 6.07) is 5.73. The minimum Gasteiger partial charge on any atom is -0.493 e. The van der Waals surface area contributed by atoms with Crippen LogP contribution in [0.5, 0.6) is 5.75 Å². The molecule has 0 atom stereocenters. The van der Waals surface area contributed by atoms with Crippen LogP contribution in [0.25, 0.3) is 0 Å². The Morgan fingerprint density at radius 1 is 1.39 bits per heavy atom. The summed E-state index contributed by atoms with van der Waals surface area (Å²) in [6.07, 6.45) is 0. The topological polar surface area (TPSA) is 69.4 Å². The number of rotatable bonds is 5. The van der Waals surface area contributed by atoms with Crippen LogP contribution in [-0.4, -0.2) is 20.8 Å². The van der Waals surface area contributed by atoms with E-state index in [2.05, 4.69) is 15.9 Å². The zero-order valence-electron chi connectivity index (χ0n) is 10.7. The molecule has 0 aromatic heterocycles. The molecule has 1 aromatic rings. The molecule has 6 heteroatoms. The molecule has 0 fully saturated rings. The smallest absolute Gasteiger partial charge is 0.209 e. The Balaban J connectivity index is 2.72. The molecular weight excluding hydrogens is 318 g/mol. The lowest BCUT2D eigenvalue weighted by atomic mass is 9.98. The predicted octanol–water partition coefficient (Wildman–Crippen LogP) is 2.45. The normalized spacial score (nSPS) is 12.5. The van der Waals surface area contributed by atoms with E-state index < -0.39 is 15.4 Å². The van der Waals surface area contributed by atoms with E-state index in [1.165, 1.54) is 0 Å². The third kappa shape index (κ3) is 5.37. The molecular formula is C12H18BrNO3S. The Kier molecular flexibility index (Phi) is 4.80. The van der Waals surface area contributed by atoms with Gasteiger partial charge in [-0.2, -0.15) is 0 Å². The Hall–Kier alpha value is -0.590. The summed E-state index contributed by atoms with van der Waals surface area (Å²) < 4.78 is 28.8. The monoisotopic (exact) mass is 335 g/mol. The molecule has 0 aliphatic heterocycles. The average molecular weight is 336 g/mol. The summed E-state index contributed by atoms with van der Waals surface area (Å²) in [5, 5.41) is 5.05. The number of benzene rings is 1. The molecule has 0 heterocycles. The minimum absolute atomic E-state index is 0.104. The Morgan fingerprint density at radius 3 is 2.56 bits per heavy atom. The largest absolute Gasteiger partial charge is 0.493 e. The number of aryl methyl sites for hydroxylation is 1. The minimum atomic E-state index is -3.49. The van der Waals surface area contributed by atoms with Gasteiger partial charge in [0.1, 0.15) is 5.75 Å². The molecule has 4 nitrogen and oxygen atoms in total. The second-order valence-corrected chi connectivity index (χ2v) is 7.70. The van der Waals surface area contributed by atoms with Crippen LogP contribution in [-0.2, 0) is 10.0 Å². The standard InChI is InChI=1S/C12H18BrNO3S/c1-9-4-5-10(13)6-11(9)17-7-12(2,3)8-18(14,15)16/h4-6H,7-8H2,1-3H3,(H2,14,15,16). The first-order chi connectivity index (χ1) is 8.09. The van der Waals surface area contributed by atoms with Crippen LogP contribution >= 0.6 is 15.9 Å². The molecule has 0 saturated heterocycles. The van der Waals surface area contributed by atoms with Crippen LogP contribution in [0, 0.1) is 12.3 Å². The molecule has 2 N–H and O–H groups in total. The highest BCUT2D eigenvalue weighted by Gasteiger charge is 2.25. The number of sulfonamides is 1. The van der Waals surface area contributed by atoms with Gasteiger partial charge >= 0.3 is 0 Å². The van der Waals surface area contributed by atoms with E-state index in [1.807, 2.05) is 39.0 Å². The third-order valence-electron chi connectivity index (χ3n) is 2.36. The lowest BCUT2D eigenvalue weighted by Gasteiger charge is -2.24. The zero-order valence-corrected chi connectivity index (χ0v) is 13.1. The quantitative estimate of drug-likeness (QED) is 0.898. The van der Waals surface area contributed by atoms with Gasteiger partial charge in [-0.15, -0.1) is 0 Å². The molecule has 1 aromatic carbocycles. The fourth-order valence-corrected chi connectivity index (χ4v) is 3.10. The van der Waals surface area contributed by atoms with Crippen molar-refractivity contribution in [2.45, 2.75) is 20.8 Å². The first-order valence-corrected chi connectivity index (χ1v) is 7.99. The number of hydrogen-bond acceptors (Lipinski definition) is 3. The van der Waals surface area contributed by atoms with Crippen LogP contribution in [0.2, 0.25) is 0 Å². The van der Waals surface area contributed by atoms with Gasteiger partial charge in [0.15, 0.2) is 0 Å². The van der Waals surface area contributed by atoms with Crippen LogP contribution < -0.4 is 9.88 Å². The number of nitrogens with two attached hydrogens (primary N) is 1. The molecule has 0 bridgehead atoms. The second kappa shape index (κ2) is 5.59. The van der Waals surface area contributed by atoms with Crippen molar-refractivity contribution >= 4 is 26.0 Å². The van der Waals surface area contributed by atoms with Crippen LogP contribution in [0.3, 0.4) is 0 Å². The molecule has 0 aliphatic rings. The maximum atomic E-state index is 11.1. The second-order valence-electron chi connectivity index (χ2n) is 5.17. The van der Waals surface area contributed by atoms with Crippen molar-refractivity contribution in [3.63, 3.8) is 0 Å². The Morgan fingerprint density at radius 2 is 2.00 bits per heavy atom. The van der Waals surface area contributed by atoms with Crippen molar-refractivity contribution < 1.29 is 13.2 Å². The summed E-state index contributed by atoms with van der Waals surface area (Å²) in [7, 11) is -3.49. The van der Waals surface area contributed by atoms with Crippen molar-refractivity contribution in [1.29, 1.82) is 0 Å². The van der Waals surface area contributed by atoms with Crippen molar-refractivity contribution in [2.24, 2.45) is 10.6 Å². The highest BCUT2D eigenvalue weighted by atomic mass is 79.9. The summed E-state index contributed by atoms with van der Waals surface area (Å²) >= 11 is 3.37. The number of halogens is 1. The van der Waals surface area contributed by atoms with E-state index in [0.29, 0.717) is 6.61 Å². The Labute approximate surface area is 117 Å². The summed E-state index contributed by atoms with van der Waals surface area (Å²) in [5.74, 6) is 0.638.